The first kappa shape index (κ1) is 17.2. The molecule has 0 N–H and O–H groups in total. The lowest BCUT2D eigenvalue weighted by atomic mass is 10.0. The second-order valence-corrected chi connectivity index (χ2v) is 7.78. The number of hydrogen-bond acceptors (Lipinski definition) is 1. The summed E-state index contributed by atoms with van der Waals surface area (Å²) in [6, 6.07) is 9.09. The lowest BCUT2D eigenvalue weighted by Crippen LogP contribution is -2.25. The predicted molar refractivity (Wildman–Crippen MR) is 107 cm³/mol. The van der Waals surface area contributed by atoms with Crippen molar-refractivity contribution in [3.8, 4) is 0 Å². The molecule has 3 heteroatoms. The molecule has 0 fully saturated rings. The molecule has 0 atom stereocenters. The van der Waals surface area contributed by atoms with Crippen molar-refractivity contribution in [1.82, 2.24) is 0 Å². The minimum atomic E-state index is 0.998. The highest BCUT2D eigenvalue weighted by atomic mass is 79.9. The minimum absolute atomic E-state index is 0.998. The van der Waals surface area contributed by atoms with Gasteiger partial charge in [-0.3, -0.25) is 0 Å². The second-order valence-electron chi connectivity index (χ2n) is 7.07. The molecule has 1 aliphatic rings. The van der Waals surface area contributed by atoms with Gasteiger partial charge in [-0.1, -0.05) is 35.4 Å². The monoisotopic (exact) mass is 385 g/mol. The fourth-order valence-corrected chi connectivity index (χ4v) is 4.84. The van der Waals surface area contributed by atoms with Gasteiger partial charge < -0.3 is 0 Å². The number of benzene rings is 2. The summed E-state index contributed by atoms with van der Waals surface area (Å²) < 4.78 is 3.55. The summed E-state index contributed by atoms with van der Waals surface area (Å²) in [5.74, 6) is 0. The molecule has 0 radical (unpaired) electrons. The van der Waals surface area contributed by atoms with Crippen LogP contribution in [-0.4, -0.2) is 22.4 Å². The van der Waals surface area contributed by atoms with Gasteiger partial charge in [-0.05, 0) is 63.8 Å². The molecular weight excluding hydrogens is 360 g/mol. The highest BCUT2D eigenvalue weighted by Crippen LogP contribution is 2.33. The van der Waals surface area contributed by atoms with E-state index in [2.05, 4.69) is 91.2 Å². The van der Waals surface area contributed by atoms with Crippen LogP contribution in [0.4, 0.5) is 11.4 Å². The zero-order chi connectivity index (χ0) is 17.6. The van der Waals surface area contributed by atoms with Crippen LogP contribution in [-0.2, 0) is 0 Å². The topological polar surface area (TPSA) is 6.25 Å². The highest BCUT2D eigenvalue weighted by Gasteiger charge is 2.34. The van der Waals surface area contributed by atoms with Gasteiger partial charge in [0.1, 0.15) is 24.5 Å². The van der Waals surface area contributed by atoms with Gasteiger partial charge in [0.15, 0.2) is 0 Å². The van der Waals surface area contributed by atoms with Gasteiger partial charge in [0.2, 0.25) is 0 Å². The molecule has 24 heavy (non-hydrogen) atoms. The van der Waals surface area contributed by atoms with Gasteiger partial charge in [-0.15, -0.1) is 0 Å². The zero-order valence-corrected chi connectivity index (χ0v) is 17.1. The van der Waals surface area contributed by atoms with Crippen molar-refractivity contribution < 1.29 is 4.58 Å². The molecule has 0 bridgehead atoms. The SMILES string of the molecule is Cc1cc(C)c(N2CC[N+](c3c(C)cc(C)cc3C)=C2Br)c(C)c1. The van der Waals surface area contributed by atoms with E-state index in [1.54, 1.807) is 0 Å². The summed E-state index contributed by atoms with van der Waals surface area (Å²) in [6.45, 7) is 15.2. The van der Waals surface area contributed by atoms with Crippen LogP contribution in [0.5, 0.6) is 0 Å². The van der Waals surface area contributed by atoms with Gasteiger partial charge in [-0.25, -0.2) is 9.48 Å². The molecule has 2 aromatic rings. The Morgan fingerprint density at radius 1 is 0.792 bits per heavy atom. The van der Waals surface area contributed by atoms with Gasteiger partial charge in [0.05, 0.1) is 0 Å². The van der Waals surface area contributed by atoms with Crippen LogP contribution >= 0.6 is 15.9 Å². The number of amidine groups is 1. The fourth-order valence-electron chi connectivity index (χ4n) is 4.13. The number of nitrogens with zero attached hydrogens (tertiary/aromatic N) is 2. The van der Waals surface area contributed by atoms with E-state index in [9.17, 15) is 0 Å². The number of anilines is 1. The van der Waals surface area contributed by atoms with Crippen LogP contribution in [0.2, 0.25) is 0 Å². The predicted octanol–water partition coefficient (Wildman–Crippen LogP) is 5.45. The zero-order valence-electron chi connectivity index (χ0n) is 15.5. The van der Waals surface area contributed by atoms with E-state index in [1.807, 2.05) is 0 Å². The third kappa shape index (κ3) is 2.90. The average molecular weight is 386 g/mol. The van der Waals surface area contributed by atoms with Crippen molar-refractivity contribution in [3.05, 3.63) is 57.6 Å². The van der Waals surface area contributed by atoms with Crippen molar-refractivity contribution >= 4 is 32.0 Å². The Morgan fingerprint density at radius 3 is 1.75 bits per heavy atom. The molecule has 0 unspecified atom stereocenters. The van der Waals surface area contributed by atoms with Crippen molar-refractivity contribution in [2.75, 3.05) is 18.0 Å². The van der Waals surface area contributed by atoms with Crippen LogP contribution in [0, 0.1) is 41.5 Å². The van der Waals surface area contributed by atoms with E-state index >= 15 is 0 Å². The summed E-state index contributed by atoms with van der Waals surface area (Å²) in [7, 11) is 0. The quantitative estimate of drug-likeness (QED) is 0.491. The van der Waals surface area contributed by atoms with Gasteiger partial charge >= 0.3 is 4.74 Å². The largest absolute Gasteiger partial charge is 0.326 e. The Hall–Kier alpha value is -1.61. The number of halogens is 1. The lowest BCUT2D eigenvalue weighted by molar-refractivity contribution is -0.426. The van der Waals surface area contributed by atoms with Crippen LogP contribution in [0.15, 0.2) is 24.3 Å². The summed E-state index contributed by atoms with van der Waals surface area (Å²) >= 11 is 3.89. The van der Waals surface area contributed by atoms with Gasteiger partial charge in [-0.2, -0.15) is 0 Å². The molecule has 0 spiro atoms. The van der Waals surface area contributed by atoms with Crippen molar-refractivity contribution in [1.29, 1.82) is 0 Å². The Balaban J connectivity index is 2.12. The van der Waals surface area contributed by atoms with E-state index in [-0.39, 0.29) is 0 Å². The van der Waals surface area contributed by atoms with E-state index in [0.29, 0.717) is 0 Å². The molecule has 2 aromatic carbocycles. The number of rotatable bonds is 2. The average Bonchev–Trinajstić information content (AvgIpc) is 2.79. The van der Waals surface area contributed by atoms with Crippen LogP contribution in [0.1, 0.15) is 33.4 Å². The molecule has 126 valence electrons. The molecule has 0 amide bonds. The highest BCUT2D eigenvalue weighted by molar-refractivity contribution is 9.18. The Bertz CT molecular complexity index is 803. The third-order valence-electron chi connectivity index (χ3n) is 4.80. The first-order valence-corrected chi connectivity index (χ1v) is 9.32. The molecule has 0 saturated carbocycles. The summed E-state index contributed by atoms with van der Waals surface area (Å²) in [5.41, 5.74) is 10.7. The summed E-state index contributed by atoms with van der Waals surface area (Å²) in [6.07, 6.45) is 0. The lowest BCUT2D eigenvalue weighted by Gasteiger charge is -2.16. The maximum absolute atomic E-state index is 3.89. The smallest absolute Gasteiger partial charge is 0.217 e. The molecule has 3 rings (SSSR count). The van der Waals surface area contributed by atoms with E-state index < -0.39 is 0 Å². The first-order valence-electron chi connectivity index (χ1n) is 8.53. The maximum Gasteiger partial charge on any atom is 0.326 e. The van der Waals surface area contributed by atoms with Crippen molar-refractivity contribution in [3.63, 3.8) is 0 Å². The Morgan fingerprint density at radius 2 is 1.25 bits per heavy atom. The second kappa shape index (κ2) is 6.36. The van der Waals surface area contributed by atoms with Crippen molar-refractivity contribution in [2.45, 2.75) is 41.5 Å². The van der Waals surface area contributed by atoms with Crippen LogP contribution in [0.25, 0.3) is 0 Å². The summed E-state index contributed by atoms with van der Waals surface area (Å²) in [4.78, 5) is 2.41. The molecule has 2 nitrogen and oxygen atoms in total. The maximum atomic E-state index is 3.89. The Labute approximate surface area is 153 Å². The number of hydrogen-bond donors (Lipinski definition) is 0. The molecule has 1 aliphatic heterocycles. The minimum Gasteiger partial charge on any atom is -0.217 e. The van der Waals surface area contributed by atoms with Crippen LogP contribution in [0.3, 0.4) is 0 Å². The van der Waals surface area contributed by atoms with Crippen molar-refractivity contribution in [2.24, 2.45) is 0 Å². The fraction of sp³-hybridized carbons (Fsp3) is 0.381. The molecule has 0 saturated heterocycles. The molecule has 1 heterocycles. The van der Waals surface area contributed by atoms with E-state index in [1.165, 1.54) is 44.8 Å². The normalized spacial score (nSPS) is 14.7. The molecule has 0 aliphatic carbocycles. The van der Waals surface area contributed by atoms with Gasteiger partial charge in [0, 0.05) is 15.9 Å². The van der Waals surface area contributed by atoms with Crippen LogP contribution < -0.4 is 4.90 Å². The third-order valence-corrected chi connectivity index (χ3v) is 5.66. The summed E-state index contributed by atoms with van der Waals surface area (Å²) in [5, 5.41) is 0. The molecular formula is C21H26BrN2+. The first-order chi connectivity index (χ1) is 11.3. The standard InChI is InChI=1S/C21H26BrN2/c1-13-9-15(3)19(16(4)10-13)23-7-8-24(21(23)22)20-17(5)11-14(2)12-18(20)6/h9-12H,7-8H2,1-6H3/q+1. The van der Waals surface area contributed by atoms with E-state index in [4.69, 9.17) is 0 Å². The van der Waals surface area contributed by atoms with E-state index in [0.717, 1.165) is 17.8 Å². The van der Waals surface area contributed by atoms with Gasteiger partial charge in [0.25, 0.3) is 0 Å². The molecule has 0 aromatic heterocycles. The number of aryl methyl sites for hydroxylation is 6. The Kier molecular flexibility index (Phi) is 4.56.